The van der Waals surface area contributed by atoms with Crippen LogP contribution < -0.4 is 10.6 Å². The Hall–Kier alpha value is -1.66. The number of morpholine rings is 1. The Morgan fingerprint density at radius 3 is 2.58 bits per heavy atom. The van der Waals surface area contributed by atoms with Gasteiger partial charge in [0, 0.05) is 38.4 Å². The van der Waals surface area contributed by atoms with E-state index in [9.17, 15) is 0 Å². The lowest BCUT2D eigenvalue weighted by Gasteiger charge is -2.39. The van der Waals surface area contributed by atoms with E-state index in [1.54, 1.807) is 0 Å². The summed E-state index contributed by atoms with van der Waals surface area (Å²) < 4.78 is 5.54. The van der Waals surface area contributed by atoms with Crippen molar-refractivity contribution in [2.75, 3.05) is 39.9 Å². The van der Waals surface area contributed by atoms with Crippen molar-refractivity contribution in [2.45, 2.75) is 46.2 Å². The molecular formula is C20H35N5O. The van der Waals surface area contributed by atoms with Crippen LogP contribution in [0.5, 0.6) is 0 Å². The maximum atomic E-state index is 5.54. The number of aryl methyl sites for hydroxylation is 1. The van der Waals surface area contributed by atoms with Gasteiger partial charge in [0.2, 0.25) is 0 Å². The molecule has 1 aliphatic heterocycles. The van der Waals surface area contributed by atoms with Gasteiger partial charge in [-0.05, 0) is 25.0 Å². The number of aliphatic imine (C=N–C) groups is 1. The van der Waals surface area contributed by atoms with Crippen LogP contribution in [0.3, 0.4) is 0 Å². The first-order chi connectivity index (χ1) is 12.7. The molecule has 0 radical (unpaired) electrons. The molecule has 1 aromatic heterocycles. The van der Waals surface area contributed by atoms with E-state index in [4.69, 9.17) is 4.74 Å². The Morgan fingerprint density at radius 1 is 1.23 bits per heavy atom. The number of hydrogen-bond acceptors (Lipinski definition) is 4. The van der Waals surface area contributed by atoms with Crippen molar-refractivity contribution in [3.05, 3.63) is 29.6 Å². The molecule has 0 saturated carbocycles. The first kappa shape index (κ1) is 20.6. The highest BCUT2D eigenvalue weighted by Gasteiger charge is 2.26. The van der Waals surface area contributed by atoms with Crippen LogP contribution >= 0.6 is 0 Å². The summed E-state index contributed by atoms with van der Waals surface area (Å²) in [5.74, 6) is 1.51. The van der Waals surface area contributed by atoms with Crippen LogP contribution in [0.2, 0.25) is 0 Å². The molecule has 1 saturated heterocycles. The zero-order valence-corrected chi connectivity index (χ0v) is 16.8. The number of hydrogen-bond donors (Lipinski definition) is 2. The molecule has 2 N–H and O–H groups in total. The van der Waals surface area contributed by atoms with Gasteiger partial charge in [0.15, 0.2) is 5.96 Å². The fourth-order valence-corrected chi connectivity index (χ4v) is 3.63. The third kappa shape index (κ3) is 6.25. The van der Waals surface area contributed by atoms with Gasteiger partial charge in [-0.25, -0.2) is 0 Å². The highest BCUT2D eigenvalue weighted by molar-refractivity contribution is 5.79. The molecule has 2 rings (SSSR count). The highest BCUT2D eigenvalue weighted by atomic mass is 16.5. The topological polar surface area (TPSA) is 61.8 Å². The molecule has 2 heterocycles. The Kier molecular flexibility index (Phi) is 8.85. The third-order valence-electron chi connectivity index (χ3n) is 5.19. The predicted octanol–water partition coefficient (Wildman–Crippen LogP) is 2.19. The average molecular weight is 362 g/mol. The van der Waals surface area contributed by atoms with E-state index in [2.05, 4.69) is 39.4 Å². The summed E-state index contributed by atoms with van der Waals surface area (Å²) in [6.07, 6.45) is 2.39. The number of nitrogens with zero attached hydrogens (tertiary/aromatic N) is 3. The molecule has 0 aromatic carbocycles. The van der Waals surface area contributed by atoms with Gasteiger partial charge >= 0.3 is 0 Å². The van der Waals surface area contributed by atoms with Gasteiger partial charge in [-0.2, -0.15) is 0 Å². The first-order valence-corrected chi connectivity index (χ1v) is 9.86. The molecule has 0 aliphatic carbocycles. The summed E-state index contributed by atoms with van der Waals surface area (Å²) in [5.41, 5.74) is 2.06. The number of aromatic nitrogens is 1. The average Bonchev–Trinajstić information content (AvgIpc) is 2.68. The van der Waals surface area contributed by atoms with Gasteiger partial charge in [0.1, 0.15) is 0 Å². The summed E-state index contributed by atoms with van der Waals surface area (Å²) in [4.78, 5) is 11.5. The van der Waals surface area contributed by atoms with E-state index in [0.717, 1.165) is 50.2 Å². The maximum Gasteiger partial charge on any atom is 0.191 e. The van der Waals surface area contributed by atoms with Crippen molar-refractivity contribution in [1.82, 2.24) is 20.5 Å². The lowest BCUT2D eigenvalue weighted by atomic mass is 9.92. The molecule has 1 unspecified atom stereocenters. The Morgan fingerprint density at radius 2 is 1.96 bits per heavy atom. The van der Waals surface area contributed by atoms with E-state index < -0.39 is 0 Å². The Bertz CT molecular complexity index is 553. The lowest BCUT2D eigenvalue weighted by Crippen LogP contribution is -2.53. The molecule has 6 heteroatoms. The molecule has 0 bridgehead atoms. The minimum atomic E-state index is 0.504. The summed E-state index contributed by atoms with van der Waals surface area (Å²) in [7, 11) is 1.82. The Labute approximate surface area is 158 Å². The van der Waals surface area contributed by atoms with E-state index in [0.29, 0.717) is 18.5 Å². The minimum absolute atomic E-state index is 0.504. The molecule has 1 aromatic rings. The van der Waals surface area contributed by atoms with Crippen molar-refractivity contribution < 1.29 is 4.74 Å². The van der Waals surface area contributed by atoms with Crippen LogP contribution in [-0.2, 0) is 11.3 Å². The fraction of sp³-hybridized carbons (Fsp3) is 0.700. The monoisotopic (exact) mass is 361 g/mol. The van der Waals surface area contributed by atoms with Crippen molar-refractivity contribution in [3.8, 4) is 0 Å². The minimum Gasteiger partial charge on any atom is -0.379 e. The summed E-state index contributed by atoms with van der Waals surface area (Å²) in [5, 5.41) is 6.91. The smallest absolute Gasteiger partial charge is 0.191 e. The van der Waals surface area contributed by atoms with Gasteiger partial charge in [-0.15, -0.1) is 0 Å². The summed E-state index contributed by atoms with van der Waals surface area (Å²) >= 11 is 0. The molecule has 6 nitrogen and oxygen atoms in total. The molecule has 1 atom stereocenters. The van der Waals surface area contributed by atoms with Gasteiger partial charge in [0.05, 0.1) is 25.5 Å². The van der Waals surface area contributed by atoms with Crippen LogP contribution in [0, 0.1) is 12.8 Å². The fourth-order valence-electron chi connectivity index (χ4n) is 3.63. The molecular weight excluding hydrogens is 326 g/mol. The maximum absolute atomic E-state index is 5.54. The molecule has 146 valence electrons. The molecule has 0 amide bonds. The summed E-state index contributed by atoms with van der Waals surface area (Å²) in [6, 6.07) is 6.59. The lowest BCUT2D eigenvalue weighted by molar-refractivity contribution is 0.00272. The van der Waals surface area contributed by atoms with E-state index in [1.165, 1.54) is 12.8 Å². The second-order valence-electron chi connectivity index (χ2n) is 6.87. The van der Waals surface area contributed by atoms with Gasteiger partial charge < -0.3 is 15.4 Å². The highest BCUT2D eigenvalue weighted by Crippen LogP contribution is 2.19. The standard InChI is InChI=1S/C20H35N5O/c1-5-17(6-2)19(25-10-12-26-13-11-25)15-23-20(21-4)22-14-18-9-7-8-16(3)24-18/h7-9,17,19H,5-6,10-15H2,1-4H3,(H2,21,22,23). The van der Waals surface area contributed by atoms with Crippen LogP contribution in [-0.4, -0.2) is 61.8 Å². The molecule has 1 aliphatic rings. The SMILES string of the molecule is CCC(CC)C(CNC(=NC)NCc1cccc(C)n1)N1CCOCC1. The third-order valence-corrected chi connectivity index (χ3v) is 5.19. The largest absolute Gasteiger partial charge is 0.379 e. The second kappa shape index (κ2) is 11.1. The number of ether oxygens (including phenoxy) is 1. The zero-order valence-electron chi connectivity index (χ0n) is 16.8. The first-order valence-electron chi connectivity index (χ1n) is 9.86. The second-order valence-corrected chi connectivity index (χ2v) is 6.87. The van der Waals surface area contributed by atoms with Crippen LogP contribution in [0.1, 0.15) is 38.1 Å². The zero-order chi connectivity index (χ0) is 18.8. The molecule has 0 spiro atoms. The van der Waals surface area contributed by atoms with Crippen molar-refractivity contribution in [1.29, 1.82) is 0 Å². The number of nitrogens with one attached hydrogen (secondary N) is 2. The Balaban J connectivity index is 1.91. The quantitative estimate of drug-likeness (QED) is 0.549. The van der Waals surface area contributed by atoms with E-state index in [-0.39, 0.29) is 0 Å². The van der Waals surface area contributed by atoms with E-state index >= 15 is 0 Å². The number of pyridine rings is 1. The van der Waals surface area contributed by atoms with Gasteiger partial charge in [0.25, 0.3) is 0 Å². The normalized spacial score (nSPS) is 17.3. The number of guanidine groups is 1. The van der Waals surface area contributed by atoms with E-state index in [1.807, 2.05) is 32.2 Å². The number of rotatable bonds is 8. The van der Waals surface area contributed by atoms with Crippen LogP contribution in [0.15, 0.2) is 23.2 Å². The van der Waals surface area contributed by atoms with Crippen LogP contribution in [0.25, 0.3) is 0 Å². The van der Waals surface area contributed by atoms with Crippen LogP contribution in [0.4, 0.5) is 0 Å². The van der Waals surface area contributed by atoms with Crippen molar-refractivity contribution in [2.24, 2.45) is 10.9 Å². The van der Waals surface area contributed by atoms with Crippen molar-refractivity contribution >= 4 is 5.96 Å². The van der Waals surface area contributed by atoms with Gasteiger partial charge in [-0.1, -0.05) is 32.8 Å². The summed E-state index contributed by atoms with van der Waals surface area (Å²) in [6.45, 7) is 11.9. The predicted molar refractivity (Wildman–Crippen MR) is 107 cm³/mol. The van der Waals surface area contributed by atoms with Gasteiger partial charge in [-0.3, -0.25) is 14.9 Å². The molecule has 1 fully saturated rings. The van der Waals surface area contributed by atoms with Crippen molar-refractivity contribution in [3.63, 3.8) is 0 Å². The molecule has 26 heavy (non-hydrogen) atoms.